The van der Waals surface area contributed by atoms with Crippen LogP contribution in [0.2, 0.25) is 0 Å². The molecule has 2 aromatic rings. The van der Waals surface area contributed by atoms with E-state index in [9.17, 15) is 9.59 Å². The Morgan fingerprint density at radius 3 is 2.90 bits per heavy atom. The summed E-state index contributed by atoms with van der Waals surface area (Å²) in [6.45, 7) is 1.24. The number of fused-ring (bicyclic) bond motifs is 1. The molecule has 0 saturated carbocycles. The van der Waals surface area contributed by atoms with Crippen LogP contribution in [0.5, 0.6) is 5.75 Å². The Balaban J connectivity index is 1.41. The molecule has 1 aromatic carbocycles. The van der Waals surface area contributed by atoms with Gasteiger partial charge in [-0.2, -0.15) is 0 Å². The van der Waals surface area contributed by atoms with Gasteiger partial charge >= 0.3 is 0 Å². The van der Waals surface area contributed by atoms with Crippen molar-refractivity contribution in [1.82, 2.24) is 9.88 Å². The second-order valence-electron chi connectivity index (χ2n) is 7.12. The smallest absolute Gasteiger partial charge is 0.246 e. The number of anilines is 1. The Hall–Kier alpha value is -3.41. The van der Waals surface area contributed by atoms with Gasteiger partial charge in [0.2, 0.25) is 11.8 Å². The number of ether oxygens (including phenoxy) is 1. The van der Waals surface area contributed by atoms with Gasteiger partial charge < -0.3 is 15.0 Å². The van der Waals surface area contributed by atoms with Gasteiger partial charge in [-0.1, -0.05) is 24.3 Å². The van der Waals surface area contributed by atoms with Crippen LogP contribution in [0.15, 0.2) is 48.7 Å². The fourth-order valence-electron chi connectivity index (χ4n) is 3.66. The molecule has 0 spiro atoms. The van der Waals surface area contributed by atoms with Crippen molar-refractivity contribution in [2.75, 3.05) is 25.5 Å². The van der Waals surface area contributed by atoms with Crippen molar-refractivity contribution in [1.29, 1.82) is 0 Å². The zero-order valence-electron chi connectivity index (χ0n) is 16.4. The molecule has 0 radical (unpaired) electrons. The van der Waals surface area contributed by atoms with Crippen LogP contribution < -0.4 is 10.1 Å². The first-order valence-corrected chi connectivity index (χ1v) is 9.72. The van der Waals surface area contributed by atoms with E-state index in [1.54, 1.807) is 25.5 Å². The quantitative estimate of drug-likeness (QED) is 0.815. The van der Waals surface area contributed by atoms with Crippen LogP contribution in [0.1, 0.15) is 29.5 Å². The number of nitrogens with one attached hydrogen (secondary N) is 1. The molecule has 6 heteroatoms. The number of amides is 2. The summed E-state index contributed by atoms with van der Waals surface area (Å²) in [6.07, 6.45) is 9.07. The van der Waals surface area contributed by atoms with E-state index in [1.807, 2.05) is 35.2 Å². The highest BCUT2D eigenvalue weighted by Crippen LogP contribution is 2.30. The molecule has 2 amide bonds. The largest absolute Gasteiger partial charge is 0.496 e. The van der Waals surface area contributed by atoms with E-state index in [-0.39, 0.29) is 11.8 Å². The van der Waals surface area contributed by atoms with Crippen LogP contribution >= 0.6 is 0 Å². The van der Waals surface area contributed by atoms with E-state index < -0.39 is 0 Å². The molecule has 0 bridgehead atoms. The lowest BCUT2D eigenvalue weighted by Crippen LogP contribution is -2.33. The second-order valence-corrected chi connectivity index (χ2v) is 7.12. The molecule has 0 saturated heterocycles. The lowest BCUT2D eigenvalue weighted by atomic mass is 9.98. The minimum Gasteiger partial charge on any atom is -0.496 e. The van der Waals surface area contributed by atoms with Crippen LogP contribution in [-0.4, -0.2) is 41.9 Å². The second kappa shape index (κ2) is 8.31. The zero-order chi connectivity index (χ0) is 20.2. The van der Waals surface area contributed by atoms with Crippen LogP contribution in [0.4, 0.5) is 5.82 Å². The van der Waals surface area contributed by atoms with Crippen molar-refractivity contribution < 1.29 is 14.3 Å². The minimum absolute atomic E-state index is 0.00545. The van der Waals surface area contributed by atoms with E-state index in [2.05, 4.69) is 16.4 Å². The van der Waals surface area contributed by atoms with Gasteiger partial charge in [-0.3, -0.25) is 9.59 Å². The van der Waals surface area contributed by atoms with Gasteiger partial charge in [-0.25, -0.2) is 4.98 Å². The number of rotatable bonds is 4. The first kappa shape index (κ1) is 18.9. The third-order valence-electron chi connectivity index (χ3n) is 5.26. The summed E-state index contributed by atoms with van der Waals surface area (Å²) in [5.41, 5.74) is 4.15. The topological polar surface area (TPSA) is 71.5 Å². The number of carbonyl (C=O) groups excluding carboxylic acids is 2. The molecule has 0 aliphatic carbocycles. The van der Waals surface area contributed by atoms with Crippen LogP contribution in [0.25, 0.3) is 11.6 Å². The highest BCUT2D eigenvalue weighted by Gasteiger charge is 2.18. The Morgan fingerprint density at radius 2 is 2.10 bits per heavy atom. The fraction of sp³-hybridized carbons (Fsp3) is 0.261. The summed E-state index contributed by atoms with van der Waals surface area (Å²) in [5.74, 6) is 1.45. The van der Waals surface area contributed by atoms with Gasteiger partial charge in [0.1, 0.15) is 11.6 Å². The molecule has 3 heterocycles. The van der Waals surface area contributed by atoms with Crippen molar-refractivity contribution in [3.8, 4) is 5.75 Å². The Labute approximate surface area is 169 Å². The molecule has 0 fully saturated rings. The Bertz CT molecular complexity index is 1010. The summed E-state index contributed by atoms with van der Waals surface area (Å²) < 4.78 is 5.44. The Kier molecular flexibility index (Phi) is 5.42. The number of methoxy groups -OCH3 is 1. The lowest BCUT2D eigenvalue weighted by molar-refractivity contribution is -0.125. The third-order valence-corrected chi connectivity index (χ3v) is 5.26. The average molecular weight is 389 g/mol. The zero-order valence-corrected chi connectivity index (χ0v) is 16.4. The maximum Gasteiger partial charge on any atom is 0.246 e. The molecule has 4 rings (SSSR count). The van der Waals surface area contributed by atoms with E-state index in [0.29, 0.717) is 31.7 Å². The molecule has 148 valence electrons. The predicted octanol–water partition coefficient (Wildman–Crippen LogP) is 3.30. The minimum atomic E-state index is -0.0219. The SMILES string of the molecule is COc1ccccc1C1=CCN(C(=O)C=Cc2cnc3c(c2)CCC(=O)N3)CC1. The van der Waals surface area contributed by atoms with E-state index in [1.165, 1.54) is 5.57 Å². The van der Waals surface area contributed by atoms with E-state index in [0.717, 1.165) is 28.9 Å². The van der Waals surface area contributed by atoms with E-state index >= 15 is 0 Å². The van der Waals surface area contributed by atoms with Crippen molar-refractivity contribution in [3.05, 3.63) is 65.4 Å². The number of nitrogens with zero attached hydrogens (tertiary/aromatic N) is 2. The molecule has 1 aromatic heterocycles. The van der Waals surface area contributed by atoms with Crippen molar-refractivity contribution >= 4 is 29.3 Å². The number of para-hydroxylation sites is 1. The monoisotopic (exact) mass is 389 g/mol. The summed E-state index contributed by atoms with van der Waals surface area (Å²) in [7, 11) is 1.67. The highest BCUT2D eigenvalue weighted by atomic mass is 16.5. The number of hydrogen-bond donors (Lipinski definition) is 1. The normalized spacial score (nSPS) is 16.2. The number of carbonyl (C=O) groups is 2. The molecule has 0 unspecified atom stereocenters. The summed E-state index contributed by atoms with van der Waals surface area (Å²) >= 11 is 0. The maximum absolute atomic E-state index is 12.6. The van der Waals surface area contributed by atoms with Crippen molar-refractivity contribution in [3.63, 3.8) is 0 Å². The molecule has 0 atom stereocenters. The summed E-state index contributed by atoms with van der Waals surface area (Å²) in [6, 6.07) is 9.93. The number of hydrogen-bond acceptors (Lipinski definition) is 4. The molecule has 2 aliphatic heterocycles. The maximum atomic E-state index is 12.6. The van der Waals surface area contributed by atoms with Gasteiger partial charge in [-0.05, 0) is 47.8 Å². The van der Waals surface area contributed by atoms with Gasteiger partial charge in [-0.15, -0.1) is 0 Å². The average Bonchev–Trinajstić information content (AvgIpc) is 2.77. The molecule has 29 heavy (non-hydrogen) atoms. The molecule has 2 aliphatic rings. The molecule has 1 N–H and O–H groups in total. The molecular formula is C23H23N3O3. The fourth-order valence-corrected chi connectivity index (χ4v) is 3.66. The number of aromatic nitrogens is 1. The first-order valence-electron chi connectivity index (χ1n) is 9.72. The van der Waals surface area contributed by atoms with Crippen LogP contribution in [-0.2, 0) is 16.0 Å². The van der Waals surface area contributed by atoms with Crippen molar-refractivity contribution in [2.24, 2.45) is 0 Å². The predicted molar refractivity (Wildman–Crippen MR) is 112 cm³/mol. The summed E-state index contributed by atoms with van der Waals surface area (Å²) in [4.78, 5) is 30.1. The molecule has 6 nitrogen and oxygen atoms in total. The highest BCUT2D eigenvalue weighted by molar-refractivity contribution is 5.94. The van der Waals surface area contributed by atoms with Gasteiger partial charge in [0.25, 0.3) is 0 Å². The van der Waals surface area contributed by atoms with Gasteiger partial charge in [0, 0.05) is 37.3 Å². The summed E-state index contributed by atoms with van der Waals surface area (Å²) in [5, 5.41) is 2.76. The third kappa shape index (κ3) is 4.21. The number of benzene rings is 1. The standard InChI is InChI=1S/C23H23N3O3/c1-29-20-5-3-2-4-19(20)17-10-12-26(13-11-17)22(28)9-6-16-14-18-7-8-21(27)25-23(18)24-15-16/h2-6,9-10,14-15H,7-8,11-13H2,1H3,(H,24,25,27). The number of aryl methyl sites for hydroxylation is 1. The van der Waals surface area contributed by atoms with Crippen LogP contribution in [0.3, 0.4) is 0 Å². The van der Waals surface area contributed by atoms with Crippen molar-refractivity contribution in [2.45, 2.75) is 19.3 Å². The number of pyridine rings is 1. The van der Waals surface area contributed by atoms with Gasteiger partial charge in [0.15, 0.2) is 0 Å². The first-order chi connectivity index (χ1) is 14.1. The van der Waals surface area contributed by atoms with Gasteiger partial charge in [0.05, 0.1) is 7.11 Å². The van der Waals surface area contributed by atoms with E-state index in [4.69, 9.17) is 4.74 Å². The van der Waals surface area contributed by atoms with Crippen LogP contribution in [0, 0.1) is 0 Å². The molecular weight excluding hydrogens is 366 g/mol. The Morgan fingerprint density at radius 1 is 1.24 bits per heavy atom. The lowest BCUT2D eigenvalue weighted by Gasteiger charge is -2.26.